The second kappa shape index (κ2) is 5.08. The van der Waals surface area contributed by atoms with E-state index in [4.69, 9.17) is 20.8 Å². The molecule has 4 heteroatoms. The Morgan fingerprint density at radius 3 is 2.82 bits per heavy atom. The van der Waals surface area contributed by atoms with Gasteiger partial charge in [-0.1, -0.05) is 11.6 Å². The standard InChI is InChI=1S/C13H16ClNO2/c1-8-4-9-10(7-16-3)12(6-15-2)17-13(9)11(14)5-8/h4-5,15H,6-7H2,1-3H3. The monoisotopic (exact) mass is 253 g/mol. The molecule has 0 fully saturated rings. The van der Waals surface area contributed by atoms with Crippen LogP contribution in [0.25, 0.3) is 11.0 Å². The van der Waals surface area contributed by atoms with Crippen LogP contribution in [0.4, 0.5) is 0 Å². The molecule has 17 heavy (non-hydrogen) atoms. The molecule has 1 N–H and O–H groups in total. The highest BCUT2D eigenvalue weighted by molar-refractivity contribution is 6.35. The van der Waals surface area contributed by atoms with Gasteiger partial charge in [-0.3, -0.25) is 0 Å². The topological polar surface area (TPSA) is 34.4 Å². The van der Waals surface area contributed by atoms with Crippen LogP contribution in [0.3, 0.4) is 0 Å². The van der Waals surface area contributed by atoms with Crippen molar-refractivity contribution in [2.24, 2.45) is 0 Å². The molecule has 0 amide bonds. The van der Waals surface area contributed by atoms with Gasteiger partial charge in [-0.15, -0.1) is 0 Å². The summed E-state index contributed by atoms with van der Waals surface area (Å²) in [5.74, 6) is 0.886. The fraction of sp³-hybridized carbons (Fsp3) is 0.385. The van der Waals surface area contributed by atoms with Crippen molar-refractivity contribution in [1.82, 2.24) is 5.32 Å². The Balaban J connectivity index is 2.66. The Bertz CT molecular complexity index is 534. The zero-order valence-electron chi connectivity index (χ0n) is 10.3. The van der Waals surface area contributed by atoms with Crippen LogP contribution < -0.4 is 5.32 Å². The van der Waals surface area contributed by atoms with E-state index in [9.17, 15) is 0 Å². The predicted octanol–water partition coefficient (Wildman–Crippen LogP) is 3.26. The molecule has 0 spiro atoms. The van der Waals surface area contributed by atoms with Crippen LogP contribution in [-0.2, 0) is 17.9 Å². The van der Waals surface area contributed by atoms with Crippen LogP contribution in [-0.4, -0.2) is 14.2 Å². The molecule has 1 heterocycles. The van der Waals surface area contributed by atoms with Crippen LogP contribution in [0, 0.1) is 6.92 Å². The number of ether oxygens (including phenoxy) is 1. The molecule has 92 valence electrons. The molecule has 0 aliphatic rings. The van der Waals surface area contributed by atoms with Crippen molar-refractivity contribution >= 4 is 22.6 Å². The number of hydrogen-bond donors (Lipinski definition) is 1. The first-order chi connectivity index (χ1) is 8.17. The predicted molar refractivity (Wildman–Crippen MR) is 69.4 cm³/mol. The van der Waals surface area contributed by atoms with E-state index in [0.717, 1.165) is 27.9 Å². The Hall–Kier alpha value is -1.03. The molecule has 0 radical (unpaired) electrons. The SMILES string of the molecule is CNCc1oc2c(Cl)cc(C)cc2c1COC. The number of rotatable bonds is 4. The number of furan rings is 1. The van der Waals surface area contributed by atoms with Gasteiger partial charge in [0.1, 0.15) is 5.76 Å². The maximum atomic E-state index is 6.19. The van der Waals surface area contributed by atoms with Gasteiger partial charge in [-0.2, -0.15) is 0 Å². The van der Waals surface area contributed by atoms with Gasteiger partial charge in [0.15, 0.2) is 5.58 Å². The maximum Gasteiger partial charge on any atom is 0.153 e. The highest BCUT2D eigenvalue weighted by Gasteiger charge is 2.16. The van der Waals surface area contributed by atoms with E-state index in [-0.39, 0.29) is 0 Å². The first-order valence-corrected chi connectivity index (χ1v) is 5.89. The molecule has 0 saturated heterocycles. The molecule has 1 aromatic carbocycles. The Labute approximate surface area is 106 Å². The minimum absolute atomic E-state index is 0.532. The summed E-state index contributed by atoms with van der Waals surface area (Å²) in [4.78, 5) is 0. The second-order valence-electron chi connectivity index (χ2n) is 4.09. The first-order valence-electron chi connectivity index (χ1n) is 5.51. The smallest absolute Gasteiger partial charge is 0.153 e. The minimum atomic E-state index is 0.532. The lowest BCUT2D eigenvalue weighted by Gasteiger charge is -2.01. The fourth-order valence-electron chi connectivity index (χ4n) is 2.00. The number of halogens is 1. The molecule has 0 aliphatic heterocycles. The van der Waals surface area contributed by atoms with Crippen molar-refractivity contribution < 1.29 is 9.15 Å². The molecule has 2 aromatic rings. The van der Waals surface area contributed by atoms with Crippen LogP contribution in [0.5, 0.6) is 0 Å². The van der Waals surface area contributed by atoms with Gasteiger partial charge < -0.3 is 14.5 Å². The lowest BCUT2D eigenvalue weighted by Crippen LogP contribution is -2.06. The van der Waals surface area contributed by atoms with Crippen molar-refractivity contribution in [1.29, 1.82) is 0 Å². The van der Waals surface area contributed by atoms with Gasteiger partial charge in [0.25, 0.3) is 0 Å². The lowest BCUT2D eigenvalue weighted by molar-refractivity contribution is 0.183. The third kappa shape index (κ3) is 2.32. The summed E-state index contributed by atoms with van der Waals surface area (Å²) < 4.78 is 11.0. The largest absolute Gasteiger partial charge is 0.458 e. The number of benzene rings is 1. The van der Waals surface area contributed by atoms with Crippen LogP contribution in [0.15, 0.2) is 16.5 Å². The molecule has 0 unspecified atom stereocenters. The summed E-state index contributed by atoms with van der Waals surface area (Å²) in [5.41, 5.74) is 2.94. The summed E-state index contributed by atoms with van der Waals surface area (Å²) >= 11 is 6.19. The third-order valence-electron chi connectivity index (χ3n) is 2.70. The van der Waals surface area contributed by atoms with Gasteiger partial charge >= 0.3 is 0 Å². The van der Waals surface area contributed by atoms with Crippen molar-refractivity contribution in [3.8, 4) is 0 Å². The van der Waals surface area contributed by atoms with E-state index in [1.54, 1.807) is 7.11 Å². The van der Waals surface area contributed by atoms with Crippen LogP contribution >= 0.6 is 11.6 Å². The molecular formula is C13H16ClNO2. The van der Waals surface area contributed by atoms with Crippen molar-refractivity contribution in [2.75, 3.05) is 14.2 Å². The summed E-state index contributed by atoms with van der Waals surface area (Å²) in [7, 11) is 3.57. The van der Waals surface area contributed by atoms with Crippen LogP contribution in [0.1, 0.15) is 16.9 Å². The maximum absolute atomic E-state index is 6.19. The normalized spacial score (nSPS) is 11.3. The molecule has 0 saturated carbocycles. The van der Waals surface area contributed by atoms with E-state index >= 15 is 0 Å². The summed E-state index contributed by atoms with van der Waals surface area (Å²) in [5, 5.41) is 4.78. The molecule has 3 nitrogen and oxygen atoms in total. The van der Waals surface area contributed by atoms with Gasteiger partial charge in [0, 0.05) is 18.1 Å². The molecule has 1 aromatic heterocycles. The molecule has 2 rings (SSSR count). The molecule has 0 bridgehead atoms. The third-order valence-corrected chi connectivity index (χ3v) is 2.98. The zero-order valence-corrected chi connectivity index (χ0v) is 11.0. The van der Waals surface area contributed by atoms with Gasteiger partial charge in [0.05, 0.1) is 18.2 Å². The van der Waals surface area contributed by atoms with Crippen molar-refractivity contribution in [3.05, 3.63) is 34.0 Å². The highest BCUT2D eigenvalue weighted by atomic mass is 35.5. The molecule has 0 atom stereocenters. The fourth-order valence-corrected chi connectivity index (χ4v) is 2.31. The summed E-state index contributed by atoms with van der Waals surface area (Å²) in [6, 6.07) is 3.99. The first kappa shape index (κ1) is 12.4. The van der Waals surface area contributed by atoms with Crippen molar-refractivity contribution in [2.45, 2.75) is 20.1 Å². The Kier molecular flexibility index (Phi) is 3.72. The average Bonchev–Trinajstić information content (AvgIpc) is 2.59. The average molecular weight is 254 g/mol. The molecule has 0 aliphatic carbocycles. The Morgan fingerprint density at radius 2 is 2.18 bits per heavy atom. The second-order valence-corrected chi connectivity index (χ2v) is 4.50. The molecular weight excluding hydrogens is 238 g/mol. The number of hydrogen-bond acceptors (Lipinski definition) is 3. The number of methoxy groups -OCH3 is 1. The summed E-state index contributed by atoms with van der Waals surface area (Å²) in [6.45, 7) is 3.22. The Morgan fingerprint density at radius 1 is 1.41 bits per heavy atom. The lowest BCUT2D eigenvalue weighted by atomic mass is 10.1. The van der Waals surface area contributed by atoms with Gasteiger partial charge in [-0.05, 0) is 31.7 Å². The number of aryl methyl sites for hydroxylation is 1. The van der Waals surface area contributed by atoms with Gasteiger partial charge in [-0.25, -0.2) is 0 Å². The van der Waals surface area contributed by atoms with E-state index < -0.39 is 0 Å². The number of nitrogens with one attached hydrogen (secondary N) is 1. The van der Waals surface area contributed by atoms with E-state index in [1.165, 1.54) is 0 Å². The highest BCUT2D eigenvalue weighted by Crippen LogP contribution is 2.33. The van der Waals surface area contributed by atoms with E-state index in [1.807, 2.05) is 20.0 Å². The van der Waals surface area contributed by atoms with E-state index in [0.29, 0.717) is 18.2 Å². The van der Waals surface area contributed by atoms with E-state index in [2.05, 4.69) is 11.4 Å². The zero-order chi connectivity index (χ0) is 12.4. The quantitative estimate of drug-likeness (QED) is 0.908. The van der Waals surface area contributed by atoms with Crippen LogP contribution in [0.2, 0.25) is 5.02 Å². The summed E-state index contributed by atoms with van der Waals surface area (Å²) in [6.07, 6.45) is 0. The number of fused-ring (bicyclic) bond motifs is 1. The minimum Gasteiger partial charge on any atom is -0.458 e. The van der Waals surface area contributed by atoms with Gasteiger partial charge in [0.2, 0.25) is 0 Å². The van der Waals surface area contributed by atoms with Crippen molar-refractivity contribution in [3.63, 3.8) is 0 Å².